The third-order valence-electron chi connectivity index (χ3n) is 1.97. The van der Waals surface area contributed by atoms with E-state index in [-0.39, 0.29) is 10.7 Å². The lowest BCUT2D eigenvalue weighted by Gasteiger charge is -2.01. The van der Waals surface area contributed by atoms with Crippen LogP contribution in [-0.4, -0.2) is 20.5 Å². The van der Waals surface area contributed by atoms with Gasteiger partial charge in [0.25, 0.3) is 0 Å². The van der Waals surface area contributed by atoms with Gasteiger partial charge in [0.2, 0.25) is 0 Å². The maximum atomic E-state index is 11.7. The van der Waals surface area contributed by atoms with Crippen LogP contribution >= 0.6 is 0 Å². The summed E-state index contributed by atoms with van der Waals surface area (Å²) in [5.41, 5.74) is 1.28. The quantitative estimate of drug-likeness (QED) is 0.599. The number of hydrogen-bond donors (Lipinski definition) is 0. The molecule has 0 saturated carbocycles. The Morgan fingerprint density at radius 3 is 2.38 bits per heavy atom. The number of benzene rings is 1. The van der Waals surface area contributed by atoms with Crippen LogP contribution < -0.4 is 0 Å². The number of hydrogen-bond acceptors (Lipinski definition) is 3. The monoisotopic (exact) mass is 238 g/mol. The minimum atomic E-state index is -3.26. The molecule has 0 bridgehead atoms. The summed E-state index contributed by atoms with van der Waals surface area (Å²) in [5.74, 6) is -0.175. The molecule has 0 N–H and O–H groups in total. The number of rotatable bonds is 3. The van der Waals surface area contributed by atoms with Gasteiger partial charge in [-0.25, -0.2) is 8.42 Å². The van der Waals surface area contributed by atoms with E-state index >= 15 is 0 Å². The molecule has 16 heavy (non-hydrogen) atoms. The third kappa shape index (κ3) is 3.31. The van der Waals surface area contributed by atoms with Gasteiger partial charge in [0.1, 0.15) is 0 Å². The van der Waals surface area contributed by atoms with Gasteiger partial charge in [0.15, 0.2) is 15.6 Å². The van der Waals surface area contributed by atoms with Gasteiger partial charge < -0.3 is 0 Å². The lowest BCUT2D eigenvalue weighted by Crippen LogP contribution is -2.01. The van der Waals surface area contributed by atoms with E-state index < -0.39 is 9.84 Å². The highest BCUT2D eigenvalue weighted by atomic mass is 32.2. The third-order valence-corrected chi connectivity index (χ3v) is 3.08. The summed E-state index contributed by atoms with van der Waals surface area (Å²) < 4.78 is 22.6. The van der Waals surface area contributed by atoms with Crippen LogP contribution in [0.1, 0.15) is 24.2 Å². The van der Waals surface area contributed by atoms with Gasteiger partial charge >= 0.3 is 0 Å². The fourth-order valence-electron chi connectivity index (χ4n) is 1.23. The van der Waals surface area contributed by atoms with Gasteiger partial charge in [0, 0.05) is 11.8 Å². The summed E-state index contributed by atoms with van der Waals surface area (Å²) >= 11 is 0. The van der Waals surface area contributed by atoms with Crippen molar-refractivity contribution in [3.8, 4) is 0 Å². The van der Waals surface area contributed by atoms with Crippen molar-refractivity contribution in [3.05, 3.63) is 41.5 Å². The molecule has 0 heterocycles. The molecule has 0 aromatic heterocycles. The fraction of sp³-hybridized carbons (Fsp3) is 0.250. The zero-order valence-electron chi connectivity index (χ0n) is 9.52. The van der Waals surface area contributed by atoms with E-state index in [1.54, 1.807) is 12.1 Å². The van der Waals surface area contributed by atoms with E-state index in [9.17, 15) is 13.2 Å². The maximum Gasteiger partial charge on any atom is 0.185 e. The number of ketones is 1. The van der Waals surface area contributed by atoms with Crippen LogP contribution in [0.25, 0.3) is 0 Å². The van der Waals surface area contributed by atoms with Gasteiger partial charge in [-0.3, -0.25) is 4.79 Å². The minimum absolute atomic E-state index is 0.167. The molecule has 4 heteroatoms. The molecule has 0 saturated heterocycles. The Hall–Kier alpha value is -1.42. The van der Waals surface area contributed by atoms with Gasteiger partial charge in [-0.15, -0.1) is 0 Å². The summed E-state index contributed by atoms with van der Waals surface area (Å²) in [6, 6.07) is 6.06. The number of allylic oxidation sites excluding steroid dienone is 2. The second kappa shape index (κ2) is 4.61. The van der Waals surface area contributed by atoms with E-state index in [1.807, 2.05) is 13.8 Å². The first-order valence-corrected chi connectivity index (χ1v) is 6.69. The molecular formula is C12H14O3S. The van der Waals surface area contributed by atoms with Crippen molar-refractivity contribution >= 4 is 15.6 Å². The zero-order chi connectivity index (χ0) is 12.3. The van der Waals surface area contributed by atoms with E-state index in [2.05, 4.69) is 0 Å². The molecule has 0 aliphatic carbocycles. The van der Waals surface area contributed by atoms with Crippen LogP contribution in [0.2, 0.25) is 0 Å². The smallest absolute Gasteiger partial charge is 0.185 e. The minimum Gasteiger partial charge on any atom is -0.289 e. The Labute approximate surface area is 95.7 Å². The first kappa shape index (κ1) is 12.6. The molecule has 1 aromatic rings. The van der Waals surface area contributed by atoms with Gasteiger partial charge in [-0.05, 0) is 32.1 Å². The van der Waals surface area contributed by atoms with Crippen LogP contribution in [0.5, 0.6) is 0 Å². The van der Waals surface area contributed by atoms with E-state index in [1.165, 1.54) is 18.2 Å². The largest absolute Gasteiger partial charge is 0.289 e. The van der Waals surface area contributed by atoms with E-state index in [0.29, 0.717) is 5.56 Å². The topological polar surface area (TPSA) is 51.2 Å². The average molecular weight is 238 g/mol. The molecule has 0 radical (unpaired) electrons. The van der Waals surface area contributed by atoms with Crippen LogP contribution in [0.3, 0.4) is 0 Å². The SMILES string of the molecule is CC(C)=CC(=O)c1cccc(S(C)(=O)=O)c1. The van der Waals surface area contributed by atoms with Crippen molar-refractivity contribution < 1.29 is 13.2 Å². The van der Waals surface area contributed by atoms with Crippen molar-refractivity contribution in [3.63, 3.8) is 0 Å². The Morgan fingerprint density at radius 1 is 1.25 bits per heavy atom. The van der Waals surface area contributed by atoms with Crippen LogP contribution in [0.4, 0.5) is 0 Å². The number of carbonyl (C=O) groups is 1. The van der Waals surface area contributed by atoms with E-state index in [0.717, 1.165) is 11.8 Å². The lowest BCUT2D eigenvalue weighted by molar-refractivity contribution is 0.104. The molecule has 0 aliphatic heterocycles. The molecule has 0 fully saturated rings. The molecule has 0 aliphatic rings. The molecule has 3 nitrogen and oxygen atoms in total. The van der Waals surface area contributed by atoms with Crippen molar-refractivity contribution in [1.82, 2.24) is 0 Å². The van der Waals surface area contributed by atoms with E-state index in [4.69, 9.17) is 0 Å². The Kier molecular flexibility index (Phi) is 3.65. The number of sulfone groups is 1. The summed E-state index contributed by atoms with van der Waals surface area (Å²) in [5, 5.41) is 0. The highest BCUT2D eigenvalue weighted by Gasteiger charge is 2.09. The molecule has 1 aromatic carbocycles. The summed E-state index contributed by atoms with van der Waals surface area (Å²) in [6.45, 7) is 3.64. The van der Waals surface area contributed by atoms with Gasteiger partial charge in [0.05, 0.1) is 4.90 Å². The van der Waals surface area contributed by atoms with Crippen molar-refractivity contribution in [2.45, 2.75) is 18.7 Å². The van der Waals surface area contributed by atoms with Gasteiger partial charge in [-0.2, -0.15) is 0 Å². The first-order valence-electron chi connectivity index (χ1n) is 4.80. The lowest BCUT2D eigenvalue weighted by atomic mass is 10.1. The molecule has 0 amide bonds. The van der Waals surface area contributed by atoms with Crippen LogP contribution in [0, 0.1) is 0 Å². The Bertz CT molecular complexity index is 535. The predicted molar refractivity (Wildman–Crippen MR) is 63.3 cm³/mol. The predicted octanol–water partition coefficient (Wildman–Crippen LogP) is 2.24. The van der Waals surface area contributed by atoms with Crippen LogP contribution in [0.15, 0.2) is 40.8 Å². The summed E-state index contributed by atoms with van der Waals surface area (Å²) in [7, 11) is -3.26. The second-order valence-corrected chi connectivity index (χ2v) is 5.90. The molecule has 0 spiro atoms. The highest BCUT2D eigenvalue weighted by molar-refractivity contribution is 7.90. The second-order valence-electron chi connectivity index (χ2n) is 3.89. The van der Waals surface area contributed by atoms with Crippen molar-refractivity contribution in [2.75, 3.05) is 6.26 Å². The molecule has 1 rings (SSSR count). The molecule has 0 atom stereocenters. The van der Waals surface area contributed by atoms with Crippen LogP contribution in [-0.2, 0) is 9.84 Å². The molecule has 0 unspecified atom stereocenters. The van der Waals surface area contributed by atoms with Crippen molar-refractivity contribution in [1.29, 1.82) is 0 Å². The number of carbonyl (C=O) groups excluding carboxylic acids is 1. The Balaban J connectivity index is 3.19. The maximum absolute atomic E-state index is 11.7. The fourth-order valence-corrected chi connectivity index (χ4v) is 1.89. The molecule has 86 valence electrons. The Morgan fingerprint density at radius 2 is 1.88 bits per heavy atom. The van der Waals surface area contributed by atoms with Gasteiger partial charge in [-0.1, -0.05) is 17.7 Å². The standard InChI is InChI=1S/C12H14O3S/c1-9(2)7-12(13)10-5-4-6-11(8-10)16(3,14)15/h4-8H,1-3H3. The highest BCUT2D eigenvalue weighted by Crippen LogP contribution is 2.12. The zero-order valence-corrected chi connectivity index (χ0v) is 10.3. The molecular weight excluding hydrogens is 224 g/mol. The average Bonchev–Trinajstić information content (AvgIpc) is 2.15. The first-order chi connectivity index (χ1) is 7.30. The summed E-state index contributed by atoms with van der Waals surface area (Å²) in [4.78, 5) is 11.8. The van der Waals surface area contributed by atoms with Crippen molar-refractivity contribution in [2.24, 2.45) is 0 Å². The summed E-state index contributed by atoms with van der Waals surface area (Å²) in [6.07, 6.45) is 2.61. The normalized spacial score (nSPS) is 10.9.